The van der Waals surface area contributed by atoms with Crippen LogP contribution in [0.15, 0.2) is 12.7 Å². The van der Waals surface area contributed by atoms with Crippen LogP contribution in [-0.4, -0.2) is 23.4 Å². The second-order valence-corrected chi connectivity index (χ2v) is 3.73. The van der Waals surface area contributed by atoms with E-state index < -0.39 is 0 Å². The number of amides is 1. The van der Waals surface area contributed by atoms with Crippen LogP contribution in [0.3, 0.4) is 0 Å². The molecule has 2 nitrogen and oxygen atoms in total. The van der Waals surface area contributed by atoms with E-state index in [0.717, 1.165) is 13.0 Å². The number of hydrogen-bond acceptors (Lipinski definition) is 1. The van der Waals surface area contributed by atoms with Crippen LogP contribution in [0.4, 0.5) is 0 Å². The van der Waals surface area contributed by atoms with E-state index >= 15 is 0 Å². The Morgan fingerprint density at radius 1 is 1.50 bits per heavy atom. The highest BCUT2D eigenvalue weighted by Gasteiger charge is 2.24. The van der Waals surface area contributed by atoms with E-state index in [0.29, 0.717) is 12.0 Å². The Kier molecular flexibility index (Phi) is 2.90. The molecular formula is C10H17NO. The zero-order valence-corrected chi connectivity index (χ0v) is 7.92. The van der Waals surface area contributed by atoms with Gasteiger partial charge in [0, 0.05) is 12.6 Å². The number of nitrogens with zero attached hydrogens (tertiary/aromatic N) is 1. The van der Waals surface area contributed by atoms with Crippen LogP contribution in [0.25, 0.3) is 0 Å². The van der Waals surface area contributed by atoms with Gasteiger partial charge in [-0.05, 0) is 31.8 Å². The van der Waals surface area contributed by atoms with Crippen molar-refractivity contribution in [1.82, 2.24) is 4.90 Å². The van der Waals surface area contributed by atoms with Crippen LogP contribution in [0.5, 0.6) is 0 Å². The molecule has 1 amide bonds. The topological polar surface area (TPSA) is 20.3 Å². The second-order valence-electron chi connectivity index (χ2n) is 3.73. The average Bonchev–Trinajstić information content (AvgIpc) is 2.08. The van der Waals surface area contributed by atoms with Gasteiger partial charge in [-0.2, -0.15) is 0 Å². The number of likely N-dealkylation sites (tertiary alicyclic amines) is 1. The number of carbonyl (C=O) groups excluding carboxylic acids is 1. The van der Waals surface area contributed by atoms with Gasteiger partial charge in [0.25, 0.3) is 0 Å². The molecule has 12 heavy (non-hydrogen) atoms. The van der Waals surface area contributed by atoms with Gasteiger partial charge in [-0.3, -0.25) is 4.79 Å². The molecule has 0 N–H and O–H groups in total. The van der Waals surface area contributed by atoms with Gasteiger partial charge in [-0.15, -0.1) is 0 Å². The molecule has 2 heteroatoms. The molecule has 0 saturated carbocycles. The summed E-state index contributed by atoms with van der Waals surface area (Å²) in [5.74, 6) is 0.721. The van der Waals surface area contributed by atoms with Crippen molar-refractivity contribution in [3.8, 4) is 0 Å². The molecule has 1 fully saturated rings. The van der Waals surface area contributed by atoms with E-state index in [1.54, 1.807) is 0 Å². The minimum atomic E-state index is 0.0778. The van der Waals surface area contributed by atoms with Crippen molar-refractivity contribution >= 4 is 5.91 Å². The summed E-state index contributed by atoms with van der Waals surface area (Å²) in [5.41, 5.74) is 0. The van der Waals surface area contributed by atoms with Gasteiger partial charge in [-0.1, -0.05) is 13.5 Å². The van der Waals surface area contributed by atoms with Crippen molar-refractivity contribution in [2.75, 3.05) is 6.54 Å². The average molecular weight is 167 g/mol. The number of carbonyl (C=O) groups is 1. The Balaban J connectivity index is 2.60. The maximum Gasteiger partial charge on any atom is 0.246 e. The normalized spacial score (nSPS) is 30.0. The quantitative estimate of drug-likeness (QED) is 0.545. The molecule has 2 atom stereocenters. The lowest BCUT2D eigenvalue weighted by atomic mass is 9.95. The molecule has 1 saturated heterocycles. The molecule has 68 valence electrons. The van der Waals surface area contributed by atoms with E-state index in [1.807, 2.05) is 4.90 Å². The van der Waals surface area contributed by atoms with Gasteiger partial charge < -0.3 is 4.90 Å². The highest BCUT2D eigenvalue weighted by atomic mass is 16.2. The lowest BCUT2D eigenvalue weighted by Gasteiger charge is -2.36. The number of rotatable bonds is 1. The maximum atomic E-state index is 11.3. The molecule has 0 bridgehead atoms. The lowest BCUT2D eigenvalue weighted by molar-refractivity contribution is -0.130. The summed E-state index contributed by atoms with van der Waals surface area (Å²) in [6, 6.07) is 0.395. The Morgan fingerprint density at radius 3 is 2.75 bits per heavy atom. The first-order valence-electron chi connectivity index (χ1n) is 4.58. The van der Waals surface area contributed by atoms with Crippen molar-refractivity contribution < 1.29 is 4.79 Å². The first kappa shape index (κ1) is 9.30. The van der Waals surface area contributed by atoms with Crippen LogP contribution in [0.2, 0.25) is 0 Å². The first-order valence-corrected chi connectivity index (χ1v) is 4.58. The molecule has 1 aliphatic heterocycles. The van der Waals surface area contributed by atoms with E-state index in [1.165, 1.54) is 12.5 Å². The lowest BCUT2D eigenvalue weighted by Crippen LogP contribution is -2.44. The van der Waals surface area contributed by atoms with E-state index in [-0.39, 0.29) is 5.91 Å². The van der Waals surface area contributed by atoms with Gasteiger partial charge in [0.15, 0.2) is 0 Å². The van der Waals surface area contributed by atoms with E-state index in [9.17, 15) is 4.79 Å². The molecular weight excluding hydrogens is 150 g/mol. The van der Waals surface area contributed by atoms with E-state index in [4.69, 9.17) is 0 Å². The molecule has 0 aromatic rings. The van der Waals surface area contributed by atoms with Crippen LogP contribution in [0.1, 0.15) is 26.7 Å². The third kappa shape index (κ3) is 1.87. The van der Waals surface area contributed by atoms with Crippen molar-refractivity contribution in [2.24, 2.45) is 5.92 Å². The third-order valence-corrected chi connectivity index (χ3v) is 2.58. The minimum absolute atomic E-state index is 0.0778. The predicted molar refractivity (Wildman–Crippen MR) is 49.8 cm³/mol. The highest BCUT2D eigenvalue weighted by molar-refractivity contribution is 5.87. The Hall–Kier alpha value is -0.790. The molecule has 1 heterocycles. The first-order chi connectivity index (χ1) is 5.65. The molecule has 0 aliphatic carbocycles. The Labute approximate surface area is 74.2 Å². The monoisotopic (exact) mass is 167 g/mol. The summed E-state index contributed by atoms with van der Waals surface area (Å²) in [7, 11) is 0. The summed E-state index contributed by atoms with van der Waals surface area (Å²) in [6.07, 6.45) is 3.78. The van der Waals surface area contributed by atoms with Gasteiger partial charge >= 0.3 is 0 Å². The van der Waals surface area contributed by atoms with Crippen molar-refractivity contribution in [1.29, 1.82) is 0 Å². The van der Waals surface area contributed by atoms with Gasteiger partial charge in [0.05, 0.1) is 0 Å². The maximum absolute atomic E-state index is 11.3. The van der Waals surface area contributed by atoms with Crippen LogP contribution in [0, 0.1) is 5.92 Å². The zero-order chi connectivity index (χ0) is 9.14. The number of hydrogen-bond donors (Lipinski definition) is 0. The molecule has 0 aromatic heterocycles. The van der Waals surface area contributed by atoms with Crippen LogP contribution >= 0.6 is 0 Å². The second kappa shape index (κ2) is 3.74. The summed E-state index contributed by atoms with van der Waals surface area (Å²) >= 11 is 0. The molecule has 1 aliphatic rings. The highest BCUT2D eigenvalue weighted by Crippen LogP contribution is 2.21. The minimum Gasteiger partial charge on any atom is -0.336 e. The van der Waals surface area contributed by atoms with Gasteiger partial charge in [0.2, 0.25) is 5.91 Å². The van der Waals surface area contributed by atoms with Crippen LogP contribution in [-0.2, 0) is 4.79 Å². The predicted octanol–water partition coefficient (Wildman–Crippen LogP) is 1.82. The number of piperidine rings is 1. The summed E-state index contributed by atoms with van der Waals surface area (Å²) < 4.78 is 0. The van der Waals surface area contributed by atoms with Crippen LogP contribution < -0.4 is 0 Å². The SMILES string of the molecule is C=CC(=O)N1CC(C)CC[C@@H]1C. The van der Waals surface area contributed by atoms with Gasteiger partial charge in [-0.25, -0.2) is 0 Å². The summed E-state index contributed by atoms with van der Waals surface area (Å²) in [5, 5.41) is 0. The van der Waals surface area contributed by atoms with Gasteiger partial charge in [0.1, 0.15) is 0 Å². The molecule has 0 aromatic carbocycles. The summed E-state index contributed by atoms with van der Waals surface area (Å²) in [4.78, 5) is 13.2. The smallest absolute Gasteiger partial charge is 0.246 e. The third-order valence-electron chi connectivity index (χ3n) is 2.58. The van der Waals surface area contributed by atoms with Crippen molar-refractivity contribution in [3.63, 3.8) is 0 Å². The fourth-order valence-corrected chi connectivity index (χ4v) is 1.71. The van der Waals surface area contributed by atoms with Crippen molar-refractivity contribution in [3.05, 3.63) is 12.7 Å². The fourth-order valence-electron chi connectivity index (χ4n) is 1.71. The standard InChI is InChI=1S/C10H17NO/c1-4-10(12)11-7-8(2)5-6-9(11)3/h4,8-9H,1,5-7H2,2-3H3/t8?,9-/m0/s1. The fraction of sp³-hybridized carbons (Fsp3) is 0.700. The molecule has 0 radical (unpaired) electrons. The van der Waals surface area contributed by atoms with Crippen molar-refractivity contribution in [2.45, 2.75) is 32.7 Å². The van der Waals surface area contributed by atoms with E-state index in [2.05, 4.69) is 20.4 Å². The largest absolute Gasteiger partial charge is 0.336 e. The molecule has 1 rings (SSSR count). The zero-order valence-electron chi connectivity index (χ0n) is 7.92. The summed E-state index contributed by atoms with van der Waals surface area (Å²) in [6.45, 7) is 8.69. The molecule has 0 spiro atoms. The Bertz CT molecular complexity index is 188. The Morgan fingerprint density at radius 2 is 2.17 bits per heavy atom. The molecule has 1 unspecified atom stereocenters.